The molecule has 0 spiro atoms. The Morgan fingerprint density at radius 3 is 2.55 bits per heavy atom. The summed E-state index contributed by atoms with van der Waals surface area (Å²) in [4.78, 5) is 4.43. The minimum atomic E-state index is 0. The largest absolute Gasteiger partial charge is 0.370 e. The maximum Gasteiger partial charge on any atom is 0.188 e. The van der Waals surface area contributed by atoms with E-state index in [1.54, 1.807) is 0 Å². The van der Waals surface area contributed by atoms with Gasteiger partial charge in [-0.15, -0.1) is 24.0 Å². The molecule has 0 aliphatic heterocycles. The second-order valence-corrected chi connectivity index (χ2v) is 4.68. The number of nitrogens with zero attached hydrogens (tertiary/aromatic N) is 3. The van der Waals surface area contributed by atoms with Crippen LogP contribution in [0.2, 0.25) is 0 Å². The molecule has 116 valence electrons. The molecular formula is C14H28IN5. The van der Waals surface area contributed by atoms with Crippen molar-refractivity contribution in [1.82, 2.24) is 15.1 Å². The first-order valence-corrected chi connectivity index (χ1v) is 7.21. The topological polar surface area (TPSA) is 68.2 Å². The van der Waals surface area contributed by atoms with E-state index in [9.17, 15) is 0 Å². The molecular weight excluding hydrogens is 365 g/mol. The lowest BCUT2D eigenvalue weighted by Gasteiger charge is -2.05. The Morgan fingerprint density at radius 1 is 1.30 bits per heavy atom. The standard InChI is InChI=1S/C14H27N5.HI/c1-5-8-9-16-14(15)17-10-11-12(6-2)18-19(4)13(11)7-3;/h5-10H2,1-4H3,(H3,15,16,17);1H. The second-order valence-electron chi connectivity index (χ2n) is 4.68. The van der Waals surface area contributed by atoms with Crippen molar-refractivity contribution in [2.45, 2.75) is 53.0 Å². The zero-order valence-electron chi connectivity index (χ0n) is 13.1. The molecule has 0 saturated carbocycles. The summed E-state index contributed by atoms with van der Waals surface area (Å²) in [6.45, 7) is 7.93. The van der Waals surface area contributed by atoms with Crippen LogP contribution < -0.4 is 11.1 Å². The predicted octanol–water partition coefficient (Wildman–Crippen LogP) is 2.37. The molecule has 0 amide bonds. The second kappa shape index (κ2) is 10.0. The van der Waals surface area contributed by atoms with Gasteiger partial charge >= 0.3 is 0 Å². The number of nitrogens with one attached hydrogen (secondary N) is 1. The van der Waals surface area contributed by atoms with Crippen LogP contribution >= 0.6 is 24.0 Å². The van der Waals surface area contributed by atoms with Gasteiger partial charge in [-0.3, -0.25) is 4.68 Å². The Labute approximate surface area is 139 Å². The van der Waals surface area contributed by atoms with Crippen molar-refractivity contribution in [2.75, 3.05) is 6.54 Å². The lowest BCUT2D eigenvalue weighted by atomic mass is 10.1. The Kier molecular flexibility index (Phi) is 9.62. The van der Waals surface area contributed by atoms with Gasteiger partial charge in [0.1, 0.15) is 0 Å². The number of aliphatic imine (C=N–C) groups is 1. The van der Waals surface area contributed by atoms with Crippen LogP contribution in [0.4, 0.5) is 0 Å². The first-order valence-electron chi connectivity index (χ1n) is 7.21. The number of hydrogen-bond acceptors (Lipinski definition) is 2. The molecule has 0 saturated heterocycles. The first kappa shape index (κ1) is 19.2. The molecule has 1 aromatic heterocycles. The van der Waals surface area contributed by atoms with E-state index in [4.69, 9.17) is 5.73 Å². The molecule has 1 aromatic rings. The van der Waals surface area contributed by atoms with E-state index < -0.39 is 0 Å². The summed E-state index contributed by atoms with van der Waals surface area (Å²) in [6.07, 6.45) is 4.17. The summed E-state index contributed by atoms with van der Waals surface area (Å²) in [6, 6.07) is 0. The zero-order valence-corrected chi connectivity index (χ0v) is 15.4. The van der Waals surface area contributed by atoms with Crippen molar-refractivity contribution >= 4 is 29.9 Å². The minimum absolute atomic E-state index is 0. The normalized spacial score (nSPS) is 11.3. The lowest BCUT2D eigenvalue weighted by molar-refractivity contribution is 0.703. The predicted molar refractivity (Wildman–Crippen MR) is 95.6 cm³/mol. The molecule has 0 aromatic carbocycles. The van der Waals surface area contributed by atoms with Crippen molar-refractivity contribution in [1.29, 1.82) is 0 Å². The molecule has 0 radical (unpaired) electrons. The molecule has 0 atom stereocenters. The fourth-order valence-corrected chi connectivity index (χ4v) is 2.19. The van der Waals surface area contributed by atoms with E-state index in [2.05, 4.69) is 36.2 Å². The number of aryl methyl sites for hydroxylation is 2. The summed E-state index contributed by atoms with van der Waals surface area (Å²) in [5, 5.41) is 7.68. The molecule has 0 aliphatic carbocycles. The molecule has 0 unspecified atom stereocenters. The fraction of sp³-hybridized carbons (Fsp3) is 0.714. The number of unbranched alkanes of at least 4 members (excludes halogenated alkanes) is 1. The van der Waals surface area contributed by atoms with Gasteiger partial charge < -0.3 is 11.1 Å². The number of hydrogen-bond donors (Lipinski definition) is 2. The van der Waals surface area contributed by atoms with Crippen LogP contribution in [0.1, 0.15) is 50.6 Å². The number of aromatic nitrogens is 2. The first-order chi connectivity index (χ1) is 9.13. The Balaban J connectivity index is 0.00000361. The van der Waals surface area contributed by atoms with E-state index in [0.29, 0.717) is 12.5 Å². The zero-order chi connectivity index (χ0) is 14.3. The summed E-state index contributed by atoms with van der Waals surface area (Å²) in [5.74, 6) is 0.529. The third-order valence-electron chi connectivity index (χ3n) is 3.27. The van der Waals surface area contributed by atoms with E-state index in [1.165, 1.54) is 11.3 Å². The van der Waals surface area contributed by atoms with Crippen LogP contribution in [0.25, 0.3) is 0 Å². The van der Waals surface area contributed by atoms with E-state index in [1.807, 2.05) is 11.7 Å². The van der Waals surface area contributed by atoms with E-state index in [-0.39, 0.29) is 24.0 Å². The van der Waals surface area contributed by atoms with Crippen molar-refractivity contribution in [3.63, 3.8) is 0 Å². The highest BCUT2D eigenvalue weighted by molar-refractivity contribution is 14.0. The van der Waals surface area contributed by atoms with Gasteiger partial charge in [0.2, 0.25) is 0 Å². The van der Waals surface area contributed by atoms with Crippen molar-refractivity contribution in [3.05, 3.63) is 17.0 Å². The van der Waals surface area contributed by atoms with Crippen LogP contribution in [-0.2, 0) is 26.4 Å². The molecule has 5 nitrogen and oxygen atoms in total. The van der Waals surface area contributed by atoms with Gasteiger partial charge in [-0.2, -0.15) is 5.10 Å². The Morgan fingerprint density at radius 2 is 2.00 bits per heavy atom. The van der Waals surface area contributed by atoms with Gasteiger partial charge in [0.25, 0.3) is 0 Å². The molecule has 1 rings (SSSR count). The van der Waals surface area contributed by atoms with Crippen LogP contribution in [0.15, 0.2) is 4.99 Å². The van der Waals surface area contributed by atoms with Gasteiger partial charge in [-0.05, 0) is 19.3 Å². The molecule has 20 heavy (non-hydrogen) atoms. The lowest BCUT2D eigenvalue weighted by Crippen LogP contribution is -2.32. The molecule has 6 heteroatoms. The van der Waals surface area contributed by atoms with Gasteiger partial charge in [0, 0.05) is 24.8 Å². The third kappa shape index (κ3) is 5.30. The summed E-state index contributed by atoms with van der Waals surface area (Å²) in [7, 11) is 1.99. The maximum absolute atomic E-state index is 5.86. The molecule has 3 N–H and O–H groups in total. The number of halogens is 1. The minimum Gasteiger partial charge on any atom is -0.370 e. The third-order valence-corrected chi connectivity index (χ3v) is 3.27. The molecule has 0 bridgehead atoms. The summed E-state index contributed by atoms with van der Waals surface area (Å²) < 4.78 is 1.96. The van der Waals surface area contributed by atoms with Crippen molar-refractivity contribution < 1.29 is 0 Å². The SMILES string of the molecule is CCCCNC(N)=NCc1c(CC)nn(C)c1CC.I. The number of rotatable bonds is 7. The van der Waals surface area contributed by atoms with Crippen LogP contribution in [0.5, 0.6) is 0 Å². The van der Waals surface area contributed by atoms with Gasteiger partial charge in [0.15, 0.2) is 5.96 Å². The maximum atomic E-state index is 5.86. The highest BCUT2D eigenvalue weighted by Gasteiger charge is 2.12. The molecule has 0 fully saturated rings. The van der Waals surface area contributed by atoms with Crippen LogP contribution in [-0.4, -0.2) is 22.3 Å². The van der Waals surface area contributed by atoms with Gasteiger partial charge in [-0.25, -0.2) is 4.99 Å². The van der Waals surface area contributed by atoms with Crippen LogP contribution in [0.3, 0.4) is 0 Å². The average Bonchev–Trinajstić information content (AvgIpc) is 2.72. The van der Waals surface area contributed by atoms with E-state index >= 15 is 0 Å². The van der Waals surface area contributed by atoms with E-state index in [0.717, 1.165) is 37.9 Å². The summed E-state index contributed by atoms with van der Waals surface area (Å²) >= 11 is 0. The smallest absolute Gasteiger partial charge is 0.188 e. The summed E-state index contributed by atoms with van der Waals surface area (Å²) in [5.41, 5.74) is 9.47. The van der Waals surface area contributed by atoms with Crippen LogP contribution in [0, 0.1) is 0 Å². The van der Waals surface area contributed by atoms with Gasteiger partial charge in [0.05, 0.1) is 12.2 Å². The van der Waals surface area contributed by atoms with Crippen molar-refractivity contribution in [2.24, 2.45) is 17.8 Å². The highest BCUT2D eigenvalue weighted by Crippen LogP contribution is 2.16. The number of guanidine groups is 1. The molecule has 0 aliphatic rings. The monoisotopic (exact) mass is 393 g/mol. The number of nitrogens with two attached hydrogens (primary N) is 1. The van der Waals surface area contributed by atoms with Gasteiger partial charge in [-0.1, -0.05) is 27.2 Å². The fourth-order valence-electron chi connectivity index (χ4n) is 2.19. The molecule has 1 heterocycles. The van der Waals surface area contributed by atoms with Crippen molar-refractivity contribution in [3.8, 4) is 0 Å². The Hall–Kier alpha value is -0.790. The quantitative estimate of drug-likeness (QED) is 0.324. The average molecular weight is 393 g/mol. The highest BCUT2D eigenvalue weighted by atomic mass is 127. The Bertz CT molecular complexity index is 425.